The van der Waals surface area contributed by atoms with Gasteiger partial charge in [0.1, 0.15) is 0 Å². The first-order valence-corrected chi connectivity index (χ1v) is 17.1. The zero-order valence-electron chi connectivity index (χ0n) is 29.5. The Kier molecular flexibility index (Phi) is 8.98. The summed E-state index contributed by atoms with van der Waals surface area (Å²) in [6.45, 7) is 21.3. The van der Waals surface area contributed by atoms with Crippen molar-refractivity contribution >= 4 is 22.7 Å². The largest absolute Gasteiger partial charge is 3.00 e. The van der Waals surface area contributed by atoms with Gasteiger partial charge >= 0.3 is 20.1 Å². The van der Waals surface area contributed by atoms with Gasteiger partial charge in [-0.15, -0.1) is 59.3 Å². The summed E-state index contributed by atoms with van der Waals surface area (Å²) >= 11 is 0. The summed E-state index contributed by atoms with van der Waals surface area (Å²) in [4.78, 5) is 8.99. The Morgan fingerprint density at radius 1 is 0.729 bits per heavy atom. The zero-order chi connectivity index (χ0) is 33.1. The first-order valence-electron chi connectivity index (χ1n) is 17.1. The van der Waals surface area contributed by atoms with Crippen molar-refractivity contribution < 1.29 is 20.1 Å². The first kappa shape index (κ1) is 34.2. The van der Waals surface area contributed by atoms with Crippen molar-refractivity contribution in [2.45, 2.75) is 90.4 Å². The summed E-state index contributed by atoms with van der Waals surface area (Å²) in [6.07, 6.45) is 4.22. The van der Waals surface area contributed by atoms with Gasteiger partial charge in [0, 0.05) is 23.3 Å². The maximum absolute atomic E-state index is 4.22. The van der Waals surface area contributed by atoms with Crippen LogP contribution >= 0.6 is 0 Å². The van der Waals surface area contributed by atoms with Crippen molar-refractivity contribution in [3.05, 3.63) is 144 Å². The van der Waals surface area contributed by atoms with Gasteiger partial charge in [-0.1, -0.05) is 109 Å². The molecule has 246 valence electrons. The number of hydrogen-bond donors (Lipinski definition) is 0. The summed E-state index contributed by atoms with van der Waals surface area (Å²) in [5.74, 6) is 0.533. The molecule has 3 nitrogen and oxygen atoms in total. The molecule has 1 aliphatic carbocycles. The van der Waals surface area contributed by atoms with Crippen LogP contribution in [0.25, 0.3) is 11.3 Å². The van der Waals surface area contributed by atoms with E-state index >= 15 is 0 Å². The number of benzene rings is 4. The Hall–Kier alpha value is -3.72. The van der Waals surface area contributed by atoms with Crippen LogP contribution in [0.4, 0.5) is 22.7 Å². The fourth-order valence-corrected chi connectivity index (χ4v) is 7.78. The molecule has 0 saturated carbocycles. The number of pyridine rings is 1. The third kappa shape index (κ3) is 5.71. The second-order valence-electron chi connectivity index (χ2n) is 15.5. The second kappa shape index (κ2) is 12.6. The number of aromatic nitrogens is 1. The third-order valence-corrected chi connectivity index (χ3v) is 10.7. The predicted molar refractivity (Wildman–Crippen MR) is 197 cm³/mol. The van der Waals surface area contributed by atoms with E-state index in [-0.39, 0.29) is 36.4 Å². The number of nitrogens with zero attached hydrogens (tertiary/aromatic N) is 3. The minimum absolute atomic E-state index is 0. The van der Waals surface area contributed by atoms with E-state index in [2.05, 4.69) is 138 Å². The molecule has 48 heavy (non-hydrogen) atoms. The van der Waals surface area contributed by atoms with E-state index in [1.807, 2.05) is 42.5 Å². The van der Waals surface area contributed by atoms with E-state index in [1.54, 1.807) is 11.8 Å². The normalized spacial score (nSPS) is 17.4. The van der Waals surface area contributed by atoms with Crippen molar-refractivity contribution in [2.75, 3.05) is 9.80 Å². The summed E-state index contributed by atoms with van der Waals surface area (Å²) < 4.78 is 0. The van der Waals surface area contributed by atoms with Crippen LogP contribution in [0.15, 0.2) is 97.2 Å². The van der Waals surface area contributed by atoms with Gasteiger partial charge in [-0.2, -0.15) is 12.1 Å². The van der Waals surface area contributed by atoms with E-state index in [0.717, 1.165) is 11.3 Å². The Bertz CT molecular complexity index is 1870. The Morgan fingerprint density at radius 3 is 2.12 bits per heavy atom. The molecule has 3 heterocycles. The Morgan fingerprint density at radius 2 is 1.46 bits per heavy atom. The molecule has 1 aromatic heterocycles. The fraction of sp³-hybridized carbons (Fsp3) is 0.318. The maximum Gasteiger partial charge on any atom is 3.00 e. The molecule has 0 amide bonds. The molecule has 4 aromatic carbocycles. The molecule has 0 unspecified atom stereocenters. The van der Waals surface area contributed by atoms with Gasteiger partial charge in [-0.25, -0.2) is 0 Å². The van der Waals surface area contributed by atoms with Crippen LogP contribution in [0.1, 0.15) is 102 Å². The molecule has 4 heteroatoms. The minimum atomic E-state index is -0.102. The summed E-state index contributed by atoms with van der Waals surface area (Å²) in [6, 6.07) is 38.8. The first-order chi connectivity index (χ1) is 22.4. The van der Waals surface area contributed by atoms with Gasteiger partial charge < -0.3 is 14.8 Å². The Balaban J connectivity index is 0.000000260. The number of anilines is 4. The maximum atomic E-state index is 4.22. The molecule has 2 aliphatic heterocycles. The molecule has 5 aromatic rings. The van der Waals surface area contributed by atoms with E-state index in [0.29, 0.717) is 5.92 Å². The monoisotopic (exact) mass is 809 g/mol. The topological polar surface area (TPSA) is 19.4 Å². The smallest absolute Gasteiger partial charge is 0.493 e. The van der Waals surface area contributed by atoms with Crippen LogP contribution in [-0.2, 0) is 36.4 Å². The summed E-state index contributed by atoms with van der Waals surface area (Å²) in [5, 5.41) is 0. The van der Waals surface area contributed by atoms with Crippen LogP contribution in [-0.4, -0.2) is 4.98 Å². The second-order valence-corrected chi connectivity index (χ2v) is 15.5. The predicted octanol–water partition coefficient (Wildman–Crippen LogP) is 11.6. The fourth-order valence-electron chi connectivity index (χ4n) is 7.78. The van der Waals surface area contributed by atoms with Crippen LogP contribution in [0.2, 0.25) is 0 Å². The van der Waals surface area contributed by atoms with Crippen LogP contribution in [0.5, 0.6) is 0 Å². The number of fused-ring (bicyclic) bond motifs is 4. The molecular weight excluding hydrogens is 763 g/mol. The van der Waals surface area contributed by atoms with Crippen molar-refractivity contribution in [3.63, 3.8) is 0 Å². The molecule has 0 saturated heterocycles. The molecule has 0 N–H and O–H groups in total. The number of para-hydroxylation sites is 1. The SMILES string of the molecule is CC(C)c1ccc(N2[CH-]N3c4[c-]cc5c(c4C(C)(C)c4cccc2c43)C(C)(C)CCC5(C)C)cc1.[Ir+3].[c-]1ccccc1-c1ccccn1. The van der Waals surface area contributed by atoms with E-state index in [9.17, 15) is 0 Å². The van der Waals surface area contributed by atoms with Gasteiger partial charge in [-0.3, -0.25) is 0 Å². The van der Waals surface area contributed by atoms with E-state index < -0.39 is 0 Å². The van der Waals surface area contributed by atoms with Crippen molar-refractivity contribution in [1.29, 1.82) is 0 Å². The molecule has 0 spiro atoms. The standard InChI is InChI=1S/C33H38N2.C11H8N.Ir/c1-21(2)22-12-14-23(15-13-22)34-20-35-26-17-16-24-28(32(5,6)19-18-31(24,3)4)29(26)33(7,8)25-10-9-11-27(34)30(25)35;1-2-6-10(7-3-1)11-8-4-5-9-12-11;/h9-16,20-21H,18-19H2,1-8H3;1-6,8-9H;/q-2;-1;+3. The van der Waals surface area contributed by atoms with Gasteiger partial charge in [0.2, 0.25) is 0 Å². The van der Waals surface area contributed by atoms with E-state index in [1.165, 1.54) is 57.8 Å². The molecule has 0 fully saturated rings. The zero-order valence-corrected chi connectivity index (χ0v) is 31.9. The Labute approximate surface area is 301 Å². The molecule has 0 atom stereocenters. The van der Waals surface area contributed by atoms with E-state index in [4.69, 9.17) is 0 Å². The van der Waals surface area contributed by atoms with Crippen molar-refractivity contribution in [3.8, 4) is 11.3 Å². The molecule has 8 rings (SSSR count). The van der Waals surface area contributed by atoms with Crippen LogP contribution < -0.4 is 9.80 Å². The minimum Gasteiger partial charge on any atom is -0.493 e. The van der Waals surface area contributed by atoms with Gasteiger partial charge in [0.25, 0.3) is 0 Å². The average Bonchev–Trinajstić information content (AvgIpc) is 3.47. The van der Waals surface area contributed by atoms with Gasteiger partial charge in [0.05, 0.1) is 0 Å². The van der Waals surface area contributed by atoms with Gasteiger partial charge in [0.15, 0.2) is 0 Å². The number of hydrogen-bond acceptors (Lipinski definition) is 3. The summed E-state index contributed by atoms with van der Waals surface area (Å²) in [7, 11) is 0. The van der Waals surface area contributed by atoms with Crippen molar-refractivity contribution in [2.24, 2.45) is 0 Å². The number of rotatable bonds is 3. The molecule has 3 aliphatic rings. The average molecular weight is 809 g/mol. The van der Waals surface area contributed by atoms with Crippen LogP contribution in [0.3, 0.4) is 0 Å². The van der Waals surface area contributed by atoms with Gasteiger partial charge in [-0.05, 0) is 64.3 Å². The third-order valence-electron chi connectivity index (χ3n) is 10.7. The molecular formula is C44H46IrN3. The molecule has 0 bridgehead atoms. The van der Waals surface area contributed by atoms with Crippen LogP contribution in [0, 0.1) is 18.8 Å². The summed E-state index contributed by atoms with van der Waals surface area (Å²) in [5.41, 5.74) is 14.5. The van der Waals surface area contributed by atoms with Crippen molar-refractivity contribution in [1.82, 2.24) is 4.98 Å². The quantitative estimate of drug-likeness (QED) is 0.169. The molecule has 0 radical (unpaired) electrons.